The molecule has 10 heteroatoms. The van der Waals surface area contributed by atoms with E-state index in [1.807, 2.05) is 18.2 Å². The van der Waals surface area contributed by atoms with E-state index < -0.39 is 5.97 Å². The van der Waals surface area contributed by atoms with Crippen LogP contribution in [0, 0.1) is 0 Å². The number of aromatic amines is 1. The number of nitrogens with one attached hydrogen (secondary N) is 1. The smallest absolute Gasteiger partial charge is 0.337 e. The molecule has 0 bridgehead atoms. The predicted molar refractivity (Wildman–Crippen MR) is 148 cm³/mol. The van der Waals surface area contributed by atoms with Gasteiger partial charge in [0.25, 0.3) is 0 Å². The van der Waals surface area contributed by atoms with E-state index in [0.717, 1.165) is 41.8 Å². The number of rotatable bonds is 3. The Bertz CT molecular complexity index is 1680. The highest BCUT2D eigenvalue weighted by Gasteiger charge is 2.19. The molecule has 0 unspecified atom stereocenters. The molecule has 0 saturated heterocycles. The number of hydrogen-bond acceptors (Lipinski definition) is 9. The molecule has 0 amide bonds. The quantitative estimate of drug-likeness (QED) is 0.354. The number of aryl methyl sites for hydroxylation is 4. The Morgan fingerprint density at radius 3 is 1.90 bits per heavy atom. The van der Waals surface area contributed by atoms with Crippen molar-refractivity contribution in [2.75, 3.05) is 21.3 Å². The standard InChI is InChI=1S/C16H15NO4.C15H13NO4/c1-19-15-8-7-13-12(17-15)6-5-10-3-4-11(16(18)20-2)9-14(10)21-13;1-19-15(18)10-3-2-9-4-5-11-12(20-13(9)8-10)6-7-14(17)16-11/h3-4,7-9H,5-6H2,1-2H3;2-3,6-8H,4-5H2,1H3,(H,16,17). The lowest BCUT2D eigenvalue weighted by Gasteiger charge is -2.10. The van der Waals surface area contributed by atoms with Gasteiger partial charge in [-0.2, -0.15) is 0 Å². The number of methoxy groups -OCH3 is 3. The molecule has 0 fully saturated rings. The number of ether oxygens (including phenoxy) is 5. The highest BCUT2D eigenvalue weighted by molar-refractivity contribution is 5.90. The molecule has 2 aliphatic heterocycles. The molecule has 0 aliphatic carbocycles. The summed E-state index contributed by atoms with van der Waals surface area (Å²) < 4.78 is 26.3. The van der Waals surface area contributed by atoms with Gasteiger partial charge in [-0.3, -0.25) is 4.79 Å². The van der Waals surface area contributed by atoms with Crippen molar-refractivity contribution in [2.45, 2.75) is 25.7 Å². The normalized spacial score (nSPS) is 12.6. The Morgan fingerprint density at radius 2 is 1.29 bits per heavy atom. The molecule has 2 aromatic heterocycles. The first-order valence-corrected chi connectivity index (χ1v) is 12.9. The van der Waals surface area contributed by atoms with Gasteiger partial charge in [0, 0.05) is 12.1 Å². The average molecular weight is 557 g/mol. The summed E-state index contributed by atoms with van der Waals surface area (Å²) in [6.07, 6.45) is 2.99. The van der Waals surface area contributed by atoms with E-state index in [1.54, 1.807) is 43.5 Å². The van der Waals surface area contributed by atoms with E-state index in [4.69, 9.17) is 23.7 Å². The van der Waals surface area contributed by atoms with Crippen LogP contribution in [-0.2, 0) is 35.2 Å². The summed E-state index contributed by atoms with van der Waals surface area (Å²) in [6, 6.07) is 17.3. The van der Waals surface area contributed by atoms with Gasteiger partial charge in [-0.25, -0.2) is 14.6 Å². The Kier molecular flexibility index (Phi) is 8.00. The zero-order chi connectivity index (χ0) is 28.9. The second-order valence-corrected chi connectivity index (χ2v) is 9.30. The number of pyridine rings is 2. The highest BCUT2D eigenvalue weighted by Crippen LogP contribution is 2.35. The van der Waals surface area contributed by atoms with E-state index >= 15 is 0 Å². The number of H-pyrrole nitrogens is 1. The molecule has 1 N–H and O–H groups in total. The molecule has 2 aliphatic rings. The summed E-state index contributed by atoms with van der Waals surface area (Å²) in [6.45, 7) is 0. The molecular formula is C31H28N2O8. The lowest BCUT2D eigenvalue weighted by Crippen LogP contribution is -2.07. The topological polar surface area (TPSA) is 126 Å². The van der Waals surface area contributed by atoms with Crippen LogP contribution < -0.4 is 19.8 Å². The summed E-state index contributed by atoms with van der Waals surface area (Å²) in [5.74, 6) is 2.39. The molecule has 0 radical (unpaired) electrons. The second kappa shape index (κ2) is 12.0. The number of carbonyl (C=O) groups is 2. The highest BCUT2D eigenvalue weighted by atomic mass is 16.5. The first kappa shape index (κ1) is 27.4. The SMILES string of the molecule is COC(=O)c1ccc2c(c1)Oc1ccc(=O)[nH]c1CC2.COC(=O)c1ccc2c(c1)Oc1ccc(OC)nc1CC2. The summed E-state index contributed by atoms with van der Waals surface area (Å²) in [5, 5.41) is 0. The molecule has 2 aromatic carbocycles. The maximum absolute atomic E-state index is 11.6. The minimum absolute atomic E-state index is 0.145. The fourth-order valence-corrected chi connectivity index (χ4v) is 4.59. The molecule has 0 saturated carbocycles. The van der Waals surface area contributed by atoms with Gasteiger partial charge in [-0.1, -0.05) is 12.1 Å². The first-order chi connectivity index (χ1) is 19.9. The molecule has 210 valence electrons. The van der Waals surface area contributed by atoms with E-state index in [1.165, 1.54) is 20.3 Å². The minimum Gasteiger partial charge on any atom is -0.481 e. The maximum atomic E-state index is 11.6. The van der Waals surface area contributed by atoms with Gasteiger partial charge in [0.15, 0.2) is 0 Å². The van der Waals surface area contributed by atoms with Crippen molar-refractivity contribution in [1.29, 1.82) is 0 Å². The van der Waals surface area contributed by atoms with Crippen molar-refractivity contribution < 1.29 is 33.3 Å². The van der Waals surface area contributed by atoms with Crippen molar-refractivity contribution >= 4 is 11.9 Å². The van der Waals surface area contributed by atoms with Crippen LogP contribution in [0.5, 0.6) is 28.9 Å². The molecule has 4 heterocycles. The van der Waals surface area contributed by atoms with Crippen molar-refractivity contribution in [2.24, 2.45) is 0 Å². The van der Waals surface area contributed by atoms with Crippen LogP contribution in [0.25, 0.3) is 0 Å². The first-order valence-electron chi connectivity index (χ1n) is 12.9. The fraction of sp³-hybridized carbons (Fsp3) is 0.226. The number of benzene rings is 2. The van der Waals surface area contributed by atoms with E-state index in [2.05, 4.69) is 9.97 Å². The van der Waals surface area contributed by atoms with Crippen LogP contribution >= 0.6 is 0 Å². The molecule has 4 aromatic rings. The largest absolute Gasteiger partial charge is 0.481 e. The second-order valence-electron chi connectivity index (χ2n) is 9.30. The number of carbonyl (C=O) groups excluding carboxylic acids is 2. The van der Waals surface area contributed by atoms with Gasteiger partial charge in [-0.15, -0.1) is 0 Å². The van der Waals surface area contributed by atoms with Crippen LogP contribution in [0.1, 0.15) is 43.2 Å². The zero-order valence-electron chi connectivity index (χ0n) is 22.8. The third-order valence-corrected chi connectivity index (χ3v) is 6.77. The van der Waals surface area contributed by atoms with Crippen LogP contribution in [0.3, 0.4) is 0 Å². The number of hydrogen-bond donors (Lipinski definition) is 1. The Morgan fingerprint density at radius 1 is 0.707 bits per heavy atom. The summed E-state index contributed by atoms with van der Waals surface area (Å²) in [5.41, 5.74) is 4.43. The van der Waals surface area contributed by atoms with Gasteiger partial charge in [0.05, 0.1) is 43.8 Å². The molecular weight excluding hydrogens is 528 g/mol. The lowest BCUT2D eigenvalue weighted by molar-refractivity contribution is 0.0591. The van der Waals surface area contributed by atoms with Crippen LogP contribution in [-0.4, -0.2) is 43.2 Å². The number of nitrogens with zero attached hydrogens (tertiary/aromatic N) is 1. The fourth-order valence-electron chi connectivity index (χ4n) is 4.59. The predicted octanol–water partition coefficient (Wildman–Crippen LogP) is 4.82. The zero-order valence-corrected chi connectivity index (χ0v) is 22.8. The Balaban J connectivity index is 0.000000165. The van der Waals surface area contributed by atoms with E-state index in [-0.39, 0.29) is 11.5 Å². The van der Waals surface area contributed by atoms with Crippen molar-refractivity contribution in [3.8, 4) is 28.9 Å². The lowest BCUT2D eigenvalue weighted by atomic mass is 10.1. The Hall–Kier alpha value is -5.12. The van der Waals surface area contributed by atoms with Crippen molar-refractivity contribution in [3.63, 3.8) is 0 Å². The van der Waals surface area contributed by atoms with Crippen LogP contribution in [0.4, 0.5) is 0 Å². The van der Waals surface area contributed by atoms with Crippen LogP contribution in [0.2, 0.25) is 0 Å². The molecule has 41 heavy (non-hydrogen) atoms. The van der Waals surface area contributed by atoms with Gasteiger partial charge in [-0.05, 0) is 73.2 Å². The summed E-state index contributed by atoms with van der Waals surface area (Å²) >= 11 is 0. The van der Waals surface area contributed by atoms with E-state index in [0.29, 0.717) is 46.4 Å². The van der Waals surface area contributed by atoms with E-state index in [9.17, 15) is 14.4 Å². The number of fused-ring (bicyclic) bond motifs is 4. The van der Waals surface area contributed by atoms with Gasteiger partial charge < -0.3 is 28.7 Å². The average Bonchev–Trinajstić information content (AvgIpc) is 3.30. The summed E-state index contributed by atoms with van der Waals surface area (Å²) in [7, 11) is 4.29. The van der Waals surface area contributed by atoms with Crippen molar-refractivity contribution in [1.82, 2.24) is 9.97 Å². The number of esters is 2. The summed E-state index contributed by atoms with van der Waals surface area (Å²) in [4.78, 5) is 41.7. The van der Waals surface area contributed by atoms with Gasteiger partial charge in [0.2, 0.25) is 11.4 Å². The van der Waals surface area contributed by atoms with Gasteiger partial charge >= 0.3 is 11.9 Å². The number of aromatic nitrogens is 2. The monoisotopic (exact) mass is 556 g/mol. The third-order valence-electron chi connectivity index (χ3n) is 6.77. The molecule has 0 atom stereocenters. The maximum Gasteiger partial charge on any atom is 0.337 e. The molecule has 6 rings (SSSR count). The van der Waals surface area contributed by atoms with Gasteiger partial charge in [0.1, 0.15) is 23.0 Å². The Labute approximate surface area is 235 Å². The third kappa shape index (κ3) is 6.06. The van der Waals surface area contributed by atoms with Crippen molar-refractivity contribution in [3.05, 3.63) is 105 Å². The minimum atomic E-state index is -0.401. The molecule has 0 spiro atoms. The van der Waals surface area contributed by atoms with Crippen LogP contribution in [0.15, 0.2) is 65.5 Å². The molecule has 10 nitrogen and oxygen atoms in total.